The number of azo groups is 1. The van der Waals surface area contributed by atoms with Crippen LogP contribution in [0.4, 0.5) is 11.5 Å². The van der Waals surface area contributed by atoms with Gasteiger partial charge in [0.05, 0.1) is 17.2 Å². The number of hydrogen-bond acceptors (Lipinski definition) is 7. The molecule has 0 saturated carbocycles. The van der Waals surface area contributed by atoms with Crippen LogP contribution < -0.4 is 15.9 Å². The van der Waals surface area contributed by atoms with Crippen LogP contribution in [0.5, 0.6) is 0 Å². The number of para-hydroxylation sites is 1. The van der Waals surface area contributed by atoms with Gasteiger partial charge < -0.3 is 15.9 Å². The molecule has 0 radical (unpaired) electrons. The van der Waals surface area contributed by atoms with Crippen molar-refractivity contribution in [2.45, 2.75) is 58.9 Å². The predicted molar refractivity (Wildman–Crippen MR) is 147 cm³/mol. The number of carbonyl (C=O) groups excluding carboxylic acids is 1. The van der Waals surface area contributed by atoms with E-state index in [9.17, 15) is 4.79 Å². The Morgan fingerprint density at radius 3 is 2.62 bits per heavy atom. The minimum Gasteiger partial charge on any atom is -0.412 e. The number of nitrogens with one attached hydrogen (secondary N) is 1. The molecule has 0 aliphatic heterocycles. The van der Waals surface area contributed by atoms with Gasteiger partial charge in [-0.05, 0) is 63.4 Å². The number of aryl methyl sites for hydroxylation is 1. The summed E-state index contributed by atoms with van der Waals surface area (Å²) in [4.78, 5) is 28.0. The zero-order valence-corrected chi connectivity index (χ0v) is 21.8. The van der Waals surface area contributed by atoms with Crippen molar-refractivity contribution in [3.8, 4) is 0 Å². The van der Waals surface area contributed by atoms with Gasteiger partial charge in [-0.25, -0.2) is 9.97 Å². The van der Waals surface area contributed by atoms with Crippen molar-refractivity contribution in [3.05, 3.63) is 59.9 Å². The van der Waals surface area contributed by atoms with E-state index < -0.39 is 0 Å². The van der Waals surface area contributed by atoms with E-state index in [-0.39, 0.29) is 11.9 Å². The molecule has 2 heterocycles. The second kappa shape index (κ2) is 12.3. The number of carbonyl (C=O) groups is 1. The largest absolute Gasteiger partial charge is 0.412 e. The van der Waals surface area contributed by atoms with Gasteiger partial charge in [-0.15, -0.1) is 0 Å². The fraction of sp³-hybridized carbons (Fsp3) is 0.393. The lowest BCUT2D eigenvalue weighted by Gasteiger charge is -2.12. The summed E-state index contributed by atoms with van der Waals surface area (Å²) in [6.45, 7) is 7.14. The highest BCUT2D eigenvalue weighted by atomic mass is 16.7. The Balaban J connectivity index is 1.35. The van der Waals surface area contributed by atoms with E-state index in [1.165, 1.54) is 0 Å². The standard InChI is InChI=1S/C28H35N7O2/c1-4-5-12-24-32-25-26(22-10-6-7-11-23(22)31-27(25)29)35(24)37-18-9-8-17-30-28(36)20-13-15-21(16-14-20)34-33-19(2)3/h6-7,10-11,13-16,19H,4-5,8-9,12,17-18H2,1-3H3,(H2,29,31)(H,30,36). The average Bonchev–Trinajstić information content (AvgIpc) is 3.27. The Hall–Kier alpha value is -4.01. The molecule has 0 aliphatic carbocycles. The van der Waals surface area contributed by atoms with Gasteiger partial charge in [-0.1, -0.05) is 31.5 Å². The number of imidazole rings is 1. The lowest BCUT2D eigenvalue weighted by Crippen LogP contribution is -2.25. The summed E-state index contributed by atoms with van der Waals surface area (Å²) in [5.74, 6) is 1.16. The van der Waals surface area contributed by atoms with Gasteiger partial charge in [0, 0.05) is 23.9 Å². The first-order valence-corrected chi connectivity index (χ1v) is 13.0. The maximum absolute atomic E-state index is 12.5. The molecule has 37 heavy (non-hydrogen) atoms. The number of benzene rings is 2. The number of rotatable bonds is 12. The van der Waals surface area contributed by atoms with Gasteiger partial charge in [-0.2, -0.15) is 15.0 Å². The van der Waals surface area contributed by atoms with Crippen molar-refractivity contribution in [3.63, 3.8) is 0 Å². The second-order valence-corrected chi connectivity index (χ2v) is 9.29. The molecule has 9 nitrogen and oxygen atoms in total. The van der Waals surface area contributed by atoms with Crippen LogP contribution in [0.3, 0.4) is 0 Å². The maximum Gasteiger partial charge on any atom is 0.251 e. The summed E-state index contributed by atoms with van der Waals surface area (Å²) in [6, 6.07) is 15.1. The van der Waals surface area contributed by atoms with E-state index in [4.69, 9.17) is 15.6 Å². The number of hydrogen-bond donors (Lipinski definition) is 2. The Morgan fingerprint density at radius 1 is 1.08 bits per heavy atom. The number of unbranched alkanes of at least 4 members (excludes halogenated alkanes) is 2. The molecular weight excluding hydrogens is 466 g/mol. The van der Waals surface area contributed by atoms with Crippen LogP contribution in [0.1, 0.15) is 62.6 Å². The number of aromatic nitrogens is 3. The summed E-state index contributed by atoms with van der Waals surface area (Å²) in [6.07, 6.45) is 4.42. The zero-order valence-electron chi connectivity index (χ0n) is 21.8. The minimum absolute atomic E-state index is 0.106. The summed E-state index contributed by atoms with van der Waals surface area (Å²) >= 11 is 0. The quantitative estimate of drug-likeness (QED) is 0.192. The number of amides is 1. The molecule has 4 aromatic rings. The van der Waals surface area contributed by atoms with Gasteiger partial charge >= 0.3 is 0 Å². The van der Waals surface area contributed by atoms with Gasteiger partial charge in [0.15, 0.2) is 5.82 Å². The van der Waals surface area contributed by atoms with Crippen molar-refractivity contribution in [1.29, 1.82) is 0 Å². The molecule has 9 heteroatoms. The van der Waals surface area contributed by atoms with Gasteiger partial charge in [0.2, 0.25) is 0 Å². The predicted octanol–water partition coefficient (Wildman–Crippen LogP) is 5.64. The van der Waals surface area contributed by atoms with E-state index in [0.29, 0.717) is 30.0 Å². The highest BCUT2D eigenvalue weighted by molar-refractivity contribution is 6.06. The molecule has 2 aromatic carbocycles. The fourth-order valence-electron chi connectivity index (χ4n) is 4.00. The van der Waals surface area contributed by atoms with E-state index in [2.05, 4.69) is 27.5 Å². The summed E-state index contributed by atoms with van der Waals surface area (Å²) < 4.78 is 1.84. The molecule has 0 bridgehead atoms. The zero-order chi connectivity index (χ0) is 26.2. The van der Waals surface area contributed by atoms with Crippen molar-refractivity contribution in [1.82, 2.24) is 20.0 Å². The van der Waals surface area contributed by atoms with Crippen LogP contribution >= 0.6 is 0 Å². The van der Waals surface area contributed by atoms with Gasteiger partial charge in [0.25, 0.3) is 5.91 Å². The fourth-order valence-corrected chi connectivity index (χ4v) is 4.00. The Morgan fingerprint density at radius 2 is 1.86 bits per heavy atom. The number of pyridine rings is 1. The third kappa shape index (κ3) is 6.41. The summed E-state index contributed by atoms with van der Waals surface area (Å²) in [5, 5.41) is 12.2. The Kier molecular flexibility index (Phi) is 8.66. The molecule has 0 unspecified atom stereocenters. The monoisotopic (exact) mass is 501 g/mol. The normalized spacial score (nSPS) is 11.7. The molecule has 0 fully saturated rings. The summed E-state index contributed by atoms with van der Waals surface area (Å²) in [5.41, 5.74) is 9.93. The third-order valence-corrected chi connectivity index (χ3v) is 5.91. The molecule has 4 rings (SSSR count). The lowest BCUT2D eigenvalue weighted by molar-refractivity contribution is 0.0943. The molecule has 0 saturated heterocycles. The number of fused-ring (bicyclic) bond motifs is 3. The van der Waals surface area contributed by atoms with Crippen molar-refractivity contribution in [2.75, 3.05) is 18.9 Å². The molecule has 2 aromatic heterocycles. The minimum atomic E-state index is -0.106. The first-order chi connectivity index (χ1) is 18.0. The topological polar surface area (TPSA) is 120 Å². The van der Waals surface area contributed by atoms with Crippen LogP contribution in [-0.4, -0.2) is 39.8 Å². The smallest absolute Gasteiger partial charge is 0.251 e. The number of nitrogens with two attached hydrogens (primary N) is 1. The third-order valence-electron chi connectivity index (χ3n) is 5.91. The highest BCUT2D eigenvalue weighted by Gasteiger charge is 2.18. The van der Waals surface area contributed by atoms with E-state index in [0.717, 1.165) is 60.0 Å². The first kappa shape index (κ1) is 26.1. The van der Waals surface area contributed by atoms with Crippen molar-refractivity contribution < 1.29 is 9.63 Å². The molecule has 1 amide bonds. The Bertz CT molecular complexity index is 1380. The van der Waals surface area contributed by atoms with Gasteiger partial charge in [-0.3, -0.25) is 4.79 Å². The number of nitrogens with zero attached hydrogens (tertiary/aromatic N) is 5. The second-order valence-electron chi connectivity index (χ2n) is 9.29. The number of nitrogen functional groups attached to an aromatic ring is 1. The van der Waals surface area contributed by atoms with E-state index in [1.54, 1.807) is 24.3 Å². The SMILES string of the molecule is CCCCc1nc2c(N)nc3ccccc3c2n1OCCCCNC(=O)c1ccc(N=NC(C)C)cc1. The molecule has 0 spiro atoms. The van der Waals surface area contributed by atoms with Crippen molar-refractivity contribution >= 4 is 39.3 Å². The summed E-state index contributed by atoms with van der Waals surface area (Å²) in [7, 11) is 0. The molecule has 0 aliphatic rings. The van der Waals surface area contributed by atoms with Crippen LogP contribution in [0.15, 0.2) is 58.8 Å². The van der Waals surface area contributed by atoms with E-state index in [1.807, 2.05) is 42.8 Å². The lowest BCUT2D eigenvalue weighted by atomic mass is 10.2. The molecular formula is C28H35N7O2. The molecule has 0 atom stereocenters. The Labute approximate surface area is 217 Å². The van der Waals surface area contributed by atoms with Crippen LogP contribution in [0.25, 0.3) is 21.9 Å². The number of anilines is 1. The van der Waals surface area contributed by atoms with Crippen LogP contribution in [-0.2, 0) is 6.42 Å². The maximum atomic E-state index is 12.5. The van der Waals surface area contributed by atoms with E-state index >= 15 is 0 Å². The first-order valence-electron chi connectivity index (χ1n) is 13.0. The van der Waals surface area contributed by atoms with Crippen LogP contribution in [0, 0.1) is 0 Å². The van der Waals surface area contributed by atoms with Crippen LogP contribution in [0.2, 0.25) is 0 Å². The van der Waals surface area contributed by atoms with Gasteiger partial charge in [0.1, 0.15) is 23.5 Å². The van der Waals surface area contributed by atoms with Crippen molar-refractivity contribution in [2.24, 2.45) is 10.2 Å². The highest BCUT2D eigenvalue weighted by Crippen LogP contribution is 2.28. The average molecular weight is 502 g/mol. The molecule has 3 N–H and O–H groups in total. The molecule has 194 valence electrons.